The van der Waals surface area contributed by atoms with Crippen molar-refractivity contribution in [1.82, 2.24) is 0 Å². The molecule has 0 aliphatic heterocycles. The summed E-state index contributed by atoms with van der Waals surface area (Å²) >= 11 is 0. The van der Waals surface area contributed by atoms with Crippen molar-refractivity contribution in [3.63, 3.8) is 0 Å². The lowest BCUT2D eigenvalue weighted by Gasteiger charge is -2.20. The van der Waals surface area contributed by atoms with E-state index in [0.29, 0.717) is 6.61 Å². The molecule has 0 saturated heterocycles. The maximum absolute atomic E-state index is 12.7. The predicted molar refractivity (Wildman–Crippen MR) is 252 cm³/mol. The molecular weight excluding hydrogens is 776 g/mol. The summed E-state index contributed by atoms with van der Waals surface area (Å²) in [6.45, 7) is 3.59. The topological polar surface area (TPSA) is 132 Å². The van der Waals surface area contributed by atoms with Crippen molar-refractivity contribution in [2.45, 2.75) is 283 Å². The minimum atomic E-state index is -4.51. The lowest BCUT2D eigenvalue weighted by atomic mass is 10.0. The van der Waals surface area contributed by atoms with E-state index in [1.807, 2.05) is 0 Å². The standard InChI is InChI=1S/C50H101O9P/c1-3-5-7-9-11-13-15-17-18-19-20-21-22-23-24-25-26-27-28-29-30-31-32-34-36-38-40-42-50(53)59-49(47-58-60(54,55)57-45-48(52)44-51)46-56-43-41-39-37-35-33-16-14-12-10-8-6-4-2/h48-49,51-52H,3-47H2,1-2H3,(H,54,55)/t48-,49+/m0/s1. The number of phosphoric ester groups is 1. The predicted octanol–water partition coefficient (Wildman–Crippen LogP) is 15.0. The number of hydrogen-bond acceptors (Lipinski definition) is 8. The molecule has 0 fully saturated rings. The number of aliphatic hydroxyl groups is 2. The highest BCUT2D eigenvalue weighted by atomic mass is 31.2. The maximum Gasteiger partial charge on any atom is 0.472 e. The van der Waals surface area contributed by atoms with Crippen LogP contribution in [0.2, 0.25) is 0 Å². The molecule has 0 aromatic rings. The fourth-order valence-electron chi connectivity index (χ4n) is 7.83. The summed E-state index contributed by atoms with van der Waals surface area (Å²) < 4.78 is 33.5. The van der Waals surface area contributed by atoms with Gasteiger partial charge < -0.3 is 24.6 Å². The van der Waals surface area contributed by atoms with Gasteiger partial charge in [0.05, 0.1) is 26.4 Å². The van der Waals surface area contributed by atoms with Gasteiger partial charge in [-0.25, -0.2) is 4.57 Å². The Kier molecular flexibility index (Phi) is 47.5. The average molecular weight is 877 g/mol. The lowest BCUT2D eigenvalue weighted by Crippen LogP contribution is -2.29. The molecule has 0 bridgehead atoms. The van der Waals surface area contributed by atoms with Gasteiger partial charge >= 0.3 is 13.8 Å². The van der Waals surface area contributed by atoms with Gasteiger partial charge in [-0.3, -0.25) is 13.8 Å². The third-order valence-electron chi connectivity index (χ3n) is 11.8. The molecule has 1 unspecified atom stereocenters. The summed E-state index contributed by atoms with van der Waals surface area (Å²) in [5.74, 6) is -0.374. The van der Waals surface area contributed by atoms with Crippen molar-refractivity contribution in [3.8, 4) is 0 Å². The number of unbranched alkanes of at least 4 members (excludes halogenated alkanes) is 37. The fraction of sp³-hybridized carbons (Fsp3) is 0.980. The highest BCUT2D eigenvalue weighted by molar-refractivity contribution is 7.47. The van der Waals surface area contributed by atoms with E-state index >= 15 is 0 Å². The Labute approximate surface area is 371 Å². The van der Waals surface area contributed by atoms with E-state index in [0.717, 1.165) is 32.1 Å². The second-order valence-electron chi connectivity index (χ2n) is 17.9. The summed E-state index contributed by atoms with van der Waals surface area (Å²) in [5, 5.41) is 18.4. The Hall–Kier alpha value is -0.540. The van der Waals surface area contributed by atoms with Gasteiger partial charge in [0.1, 0.15) is 12.2 Å². The molecule has 0 aliphatic carbocycles. The zero-order valence-electron chi connectivity index (χ0n) is 39.7. The second-order valence-corrected chi connectivity index (χ2v) is 19.4. The van der Waals surface area contributed by atoms with Crippen molar-refractivity contribution in [1.29, 1.82) is 0 Å². The van der Waals surface area contributed by atoms with Gasteiger partial charge in [0, 0.05) is 13.0 Å². The minimum absolute atomic E-state index is 0.0581. The van der Waals surface area contributed by atoms with Crippen LogP contribution in [0, 0.1) is 0 Å². The average Bonchev–Trinajstić information content (AvgIpc) is 3.24. The number of phosphoric acid groups is 1. The molecule has 0 aliphatic rings. The zero-order chi connectivity index (χ0) is 43.9. The molecule has 0 aromatic carbocycles. The van der Waals surface area contributed by atoms with E-state index in [-0.39, 0.29) is 25.6 Å². The van der Waals surface area contributed by atoms with E-state index in [2.05, 4.69) is 13.8 Å². The number of rotatable bonds is 51. The summed E-state index contributed by atoms with van der Waals surface area (Å²) in [6, 6.07) is 0. The smallest absolute Gasteiger partial charge is 0.457 e. The second kappa shape index (κ2) is 47.9. The molecule has 0 saturated carbocycles. The van der Waals surface area contributed by atoms with Crippen LogP contribution in [0.3, 0.4) is 0 Å². The molecular formula is C50H101O9P. The SMILES string of the molecule is CCCCCCCCCCCCCCCCCCCCCCCCCCCCCC(=O)O[C@H](COCCCCCCCCCCCCCC)COP(=O)(O)OC[C@@H](O)CO. The molecule has 10 heteroatoms. The summed E-state index contributed by atoms with van der Waals surface area (Å²) in [7, 11) is -4.51. The Morgan fingerprint density at radius 2 is 0.750 bits per heavy atom. The molecule has 360 valence electrons. The lowest BCUT2D eigenvalue weighted by molar-refractivity contribution is -0.154. The van der Waals surface area contributed by atoms with E-state index in [1.165, 1.54) is 218 Å². The van der Waals surface area contributed by atoms with Gasteiger partial charge in [-0.2, -0.15) is 0 Å². The van der Waals surface area contributed by atoms with E-state index in [1.54, 1.807) is 0 Å². The monoisotopic (exact) mass is 877 g/mol. The van der Waals surface area contributed by atoms with Crippen LogP contribution in [0.25, 0.3) is 0 Å². The number of hydrogen-bond donors (Lipinski definition) is 3. The van der Waals surface area contributed by atoms with Crippen molar-refractivity contribution >= 4 is 13.8 Å². The van der Waals surface area contributed by atoms with Crippen LogP contribution >= 0.6 is 7.82 Å². The first kappa shape index (κ1) is 59.5. The number of aliphatic hydroxyl groups excluding tert-OH is 2. The number of esters is 1. The quantitative estimate of drug-likeness (QED) is 0.0310. The van der Waals surface area contributed by atoms with Gasteiger partial charge in [-0.1, -0.05) is 251 Å². The van der Waals surface area contributed by atoms with Gasteiger partial charge in [0.15, 0.2) is 0 Å². The van der Waals surface area contributed by atoms with Crippen molar-refractivity contribution < 1.29 is 43.0 Å². The van der Waals surface area contributed by atoms with Crippen LogP contribution in [0.4, 0.5) is 0 Å². The van der Waals surface area contributed by atoms with Crippen LogP contribution in [-0.4, -0.2) is 66.3 Å². The highest BCUT2D eigenvalue weighted by Gasteiger charge is 2.26. The van der Waals surface area contributed by atoms with E-state index < -0.39 is 33.2 Å². The molecule has 9 nitrogen and oxygen atoms in total. The number of carbonyl (C=O) groups excluding carboxylic acids is 1. The van der Waals surface area contributed by atoms with Crippen molar-refractivity contribution in [2.24, 2.45) is 0 Å². The van der Waals surface area contributed by atoms with Crippen molar-refractivity contribution in [3.05, 3.63) is 0 Å². The third kappa shape index (κ3) is 47.0. The molecule has 0 amide bonds. The van der Waals surface area contributed by atoms with E-state index in [9.17, 15) is 19.4 Å². The molecule has 60 heavy (non-hydrogen) atoms. The molecule has 3 N–H and O–H groups in total. The first-order chi connectivity index (χ1) is 29.3. The third-order valence-corrected chi connectivity index (χ3v) is 12.7. The molecule has 0 radical (unpaired) electrons. The molecule has 3 atom stereocenters. The van der Waals surface area contributed by atoms with E-state index in [4.69, 9.17) is 23.6 Å². The van der Waals surface area contributed by atoms with Gasteiger partial charge in [-0.05, 0) is 12.8 Å². The van der Waals surface area contributed by atoms with Crippen molar-refractivity contribution in [2.75, 3.05) is 33.0 Å². The van der Waals surface area contributed by atoms with Crippen LogP contribution in [0.15, 0.2) is 0 Å². The first-order valence-corrected chi connectivity index (χ1v) is 27.5. The van der Waals surface area contributed by atoms with Gasteiger partial charge in [0.2, 0.25) is 0 Å². The highest BCUT2D eigenvalue weighted by Crippen LogP contribution is 2.43. The minimum Gasteiger partial charge on any atom is -0.457 e. The normalized spacial score (nSPS) is 13.8. The Balaban J connectivity index is 3.89. The Morgan fingerprint density at radius 1 is 0.450 bits per heavy atom. The summed E-state index contributed by atoms with van der Waals surface area (Å²) in [6.07, 6.45) is 49.4. The van der Waals surface area contributed by atoms with Crippen LogP contribution in [0.5, 0.6) is 0 Å². The maximum atomic E-state index is 12.7. The summed E-state index contributed by atoms with van der Waals surface area (Å²) in [5.41, 5.74) is 0. The van der Waals surface area contributed by atoms with Gasteiger partial charge in [-0.15, -0.1) is 0 Å². The molecule has 0 aromatic heterocycles. The first-order valence-electron chi connectivity index (χ1n) is 26.0. The Bertz CT molecular complexity index is 907. The van der Waals surface area contributed by atoms with Crippen LogP contribution in [-0.2, 0) is 27.9 Å². The zero-order valence-corrected chi connectivity index (χ0v) is 40.6. The molecule has 0 heterocycles. The summed E-state index contributed by atoms with van der Waals surface area (Å²) in [4.78, 5) is 22.7. The van der Waals surface area contributed by atoms with Crippen LogP contribution < -0.4 is 0 Å². The van der Waals surface area contributed by atoms with Gasteiger partial charge in [0.25, 0.3) is 0 Å². The van der Waals surface area contributed by atoms with Crippen LogP contribution in [0.1, 0.15) is 271 Å². The number of ether oxygens (including phenoxy) is 2. The largest absolute Gasteiger partial charge is 0.472 e. The molecule has 0 spiro atoms. The Morgan fingerprint density at radius 3 is 1.08 bits per heavy atom. The fourth-order valence-corrected chi connectivity index (χ4v) is 8.62. The molecule has 0 rings (SSSR count). The number of carbonyl (C=O) groups is 1.